The minimum absolute atomic E-state index is 0.00441. The molecule has 0 radical (unpaired) electrons. The highest BCUT2D eigenvalue weighted by atomic mass is 79.9. The Kier molecular flexibility index (Phi) is 3.61. The molecule has 2 aromatic rings. The number of hydrogen-bond donors (Lipinski definition) is 0. The number of nitro groups is 1. The first-order valence-corrected chi connectivity index (χ1v) is 5.67. The van der Waals surface area contributed by atoms with E-state index in [-0.39, 0.29) is 21.9 Å². The lowest BCUT2D eigenvalue weighted by Crippen LogP contribution is -1.94. The second-order valence-electron chi connectivity index (χ2n) is 3.37. The standard InChI is InChI=1S/C11H5BrFNO5/c12-7-3-9(14(16)17)10(4-8(7)13)19-11-2-1-6(5-15)18-11/h1-5H. The number of ether oxygens (including phenoxy) is 1. The van der Waals surface area contributed by atoms with Crippen LogP contribution in [0.15, 0.2) is 33.2 Å². The fourth-order valence-electron chi connectivity index (χ4n) is 1.30. The van der Waals surface area contributed by atoms with Crippen LogP contribution in [0.1, 0.15) is 10.6 Å². The van der Waals surface area contributed by atoms with Gasteiger partial charge >= 0.3 is 5.69 Å². The third kappa shape index (κ3) is 2.79. The van der Waals surface area contributed by atoms with E-state index in [0.717, 1.165) is 12.1 Å². The van der Waals surface area contributed by atoms with E-state index in [1.54, 1.807) is 0 Å². The first-order chi connectivity index (χ1) is 9.01. The van der Waals surface area contributed by atoms with Crippen molar-refractivity contribution in [1.82, 2.24) is 0 Å². The third-order valence-corrected chi connectivity index (χ3v) is 2.74. The lowest BCUT2D eigenvalue weighted by atomic mass is 10.3. The van der Waals surface area contributed by atoms with E-state index in [1.807, 2.05) is 0 Å². The topological polar surface area (TPSA) is 82.6 Å². The van der Waals surface area contributed by atoms with Crippen molar-refractivity contribution >= 4 is 27.9 Å². The van der Waals surface area contributed by atoms with Gasteiger partial charge in [0, 0.05) is 18.2 Å². The molecule has 1 aromatic carbocycles. The average molecular weight is 330 g/mol. The molecule has 1 heterocycles. The SMILES string of the molecule is O=Cc1ccc(Oc2cc(F)c(Br)cc2[N+](=O)[O-])o1. The largest absolute Gasteiger partial charge is 0.422 e. The Bertz CT molecular complexity index is 655. The van der Waals surface area contributed by atoms with Crippen LogP contribution in [0.3, 0.4) is 0 Å². The van der Waals surface area contributed by atoms with Crippen LogP contribution >= 0.6 is 15.9 Å². The van der Waals surface area contributed by atoms with Gasteiger partial charge in [-0.3, -0.25) is 14.9 Å². The van der Waals surface area contributed by atoms with Crippen LogP contribution in [0.4, 0.5) is 10.1 Å². The molecule has 98 valence electrons. The van der Waals surface area contributed by atoms with Gasteiger partial charge in [-0.05, 0) is 22.0 Å². The normalized spacial score (nSPS) is 10.2. The van der Waals surface area contributed by atoms with Crippen molar-refractivity contribution in [1.29, 1.82) is 0 Å². The van der Waals surface area contributed by atoms with E-state index in [0.29, 0.717) is 6.29 Å². The molecule has 2 rings (SSSR count). The van der Waals surface area contributed by atoms with Crippen molar-refractivity contribution in [2.24, 2.45) is 0 Å². The summed E-state index contributed by atoms with van der Waals surface area (Å²) in [5, 5.41) is 10.8. The van der Waals surface area contributed by atoms with Crippen molar-refractivity contribution in [3.8, 4) is 11.7 Å². The summed E-state index contributed by atoms with van der Waals surface area (Å²) in [6.45, 7) is 0. The summed E-state index contributed by atoms with van der Waals surface area (Å²) in [7, 11) is 0. The molecular formula is C11H5BrFNO5. The minimum Gasteiger partial charge on any atom is -0.422 e. The van der Waals surface area contributed by atoms with Crippen LogP contribution < -0.4 is 4.74 Å². The number of nitro benzene ring substituents is 1. The van der Waals surface area contributed by atoms with Crippen molar-refractivity contribution in [2.75, 3.05) is 0 Å². The highest BCUT2D eigenvalue weighted by Gasteiger charge is 2.20. The van der Waals surface area contributed by atoms with E-state index in [4.69, 9.17) is 9.15 Å². The van der Waals surface area contributed by atoms with Gasteiger partial charge in [0.2, 0.25) is 5.75 Å². The summed E-state index contributed by atoms with van der Waals surface area (Å²) in [5.74, 6) is -1.19. The van der Waals surface area contributed by atoms with Crippen LogP contribution in [0.5, 0.6) is 11.7 Å². The van der Waals surface area contributed by atoms with Gasteiger partial charge in [0.25, 0.3) is 5.95 Å². The second-order valence-corrected chi connectivity index (χ2v) is 4.22. The Morgan fingerprint density at radius 1 is 1.42 bits per heavy atom. The second kappa shape index (κ2) is 5.19. The number of carbonyl (C=O) groups is 1. The molecule has 1 aromatic heterocycles. The number of rotatable bonds is 4. The summed E-state index contributed by atoms with van der Waals surface area (Å²) >= 11 is 2.84. The lowest BCUT2D eigenvalue weighted by Gasteiger charge is -2.04. The molecule has 0 spiro atoms. The van der Waals surface area contributed by atoms with E-state index >= 15 is 0 Å². The highest BCUT2D eigenvalue weighted by molar-refractivity contribution is 9.10. The predicted molar refractivity (Wildman–Crippen MR) is 64.9 cm³/mol. The zero-order chi connectivity index (χ0) is 14.0. The van der Waals surface area contributed by atoms with Gasteiger partial charge in [-0.15, -0.1) is 0 Å². The van der Waals surface area contributed by atoms with Crippen molar-refractivity contribution in [3.05, 3.63) is 50.4 Å². The maximum Gasteiger partial charge on any atom is 0.313 e. The Morgan fingerprint density at radius 2 is 2.16 bits per heavy atom. The first kappa shape index (κ1) is 13.2. The Labute approximate surface area is 114 Å². The maximum absolute atomic E-state index is 13.4. The lowest BCUT2D eigenvalue weighted by molar-refractivity contribution is -0.385. The van der Waals surface area contributed by atoms with Crippen molar-refractivity contribution < 1.29 is 23.3 Å². The number of halogens is 2. The zero-order valence-electron chi connectivity index (χ0n) is 9.13. The molecule has 0 aliphatic rings. The van der Waals surface area contributed by atoms with E-state index < -0.39 is 16.4 Å². The van der Waals surface area contributed by atoms with Gasteiger partial charge in [-0.1, -0.05) is 0 Å². The molecular weight excluding hydrogens is 325 g/mol. The molecule has 0 amide bonds. The molecule has 0 fully saturated rings. The minimum atomic E-state index is -0.720. The molecule has 8 heteroatoms. The molecule has 0 unspecified atom stereocenters. The molecule has 0 atom stereocenters. The summed E-state index contributed by atoms with van der Waals surface area (Å²) in [5.41, 5.74) is -0.433. The van der Waals surface area contributed by atoms with Crippen LogP contribution in [0.25, 0.3) is 0 Å². The van der Waals surface area contributed by atoms with Gasteiger partial charge in [0.1, 0.15) is 5.82 Å². The fourth-order valence-corrected chi connectivity index (χ4v) is 1.63. The molecule has 0 bridgehead atoms. The van der Waals surface area contributed by atoms with Crippen LogP contribution in [-0.2, 0) is 0 Å². The number of nitrogens with zero attached hydrogens (tertiary/aromatic N) is 1. The quantitative estimate of drug-likeness (QED) is 0.485. The monoisotopic (exact) mass is 329 g/mol. The summed E-state index contributed by atoms with van der Waals surface area (Å²) < 4.78 is 23.3. The Hall–Kier alpha value is -2.22. The van der Waals surface area contributed by atoms with E-state index in [9.17, 15) is 19.3 Å². The van der Waals surface area contributed by atoms with Gasteiger partial charge in [-0.2, -0.15) is 0 Å². The summed E-state index contributed by atoms with van der Waals surface area (Å²) in [6.07, 6.45) is 0.448. The molecule has 0 N–H and O–H groups in total. The van der Waals surface area contributed by atoms with Gasteiger partial charge in [0.15, 0.2) is 12.0 Å². The Morgan fingerprint density at radius 3 is 2.74 bits per heavy atom. The van der Waals surface area contributed by atoms with Crippen LogP contribution in [-0.4, -0.2) is 11.2 Å². The summed E-state index contributed by atoms with van der Waals surface area (Å²) in [4.78, 5) is 20.5. The molecule has 0 aliphatic heterocycles. The number of carbonyl (C=O) groups excluding carboxylic acids is 1. The molecule has 0 saturated carbocycles. The van der Waals surface area contributed by atoms with Crippen molar-refractivity contribution in [3.63, 3.8) is 0 Å². The molecule has 0 saturated heterocycles. The maximum atomic E-state index is 13.4. The molecule has 0 aliphatic carbocycles. The smallest absolute Gasteiger partial charge is 0.313 e. The third-order valence-electron chi connectivity index (χ3n) is 2.13. The van der Waals surface area contributed by atoms with Gasteiger partial charge < -0.3 is 9.15 Å². The summed E-state index contributed by atoms with van der Waals surface area (Å²) in [6, 6.07) is 4.45. The predicted octanol–water partition coefficient (Wildman–Crippen LogP) is 3.69. The number of hydrogen-bond acceptors (Lipinski definition) is 5. The fraction of sp³-hybridized carbons (Fsp3) is 0. The van der Waals surface area contributed by atoms with E-state index in [2.05, 4.69) is 15.9 Å². The average Bonchev–Trinajstić information content (AvgIpc) is 2.81. The Balaban J connectivity index is 2.40. The zero-order valence-corrected chi connectivity index (χ0v) is 10.7. The van der Waals surface area contributed by atoms with Gasteiger partial charge in [-0.25, -0.2) is 4.39 Å². The van der Waals surface area contributed by atoms with Gasteiger partial charge in [0.05, 0.1) is 9.40 Å². The number of aldehydes is 1. The molecule has 19 heavy (non-hydrogen) atoms. The highest BCUT2D eigenvalue weighted by Crippen LogP contribution is 2.35. The number of benzene rings is 1. The first-order valence-electron chi connectivity index (χ1n) is 4.87. The molecule has 6 nitrogen and oxygen atoms in total. The van der Waals surface area contributed by atoms with Crippen LogP contribution in [0, 0.1) is 15.9 Å². The van der Waals surface area contributed by atoms with Crippen LogP contribution in [0.2, 0.25) is 0 Å². The van der Waals surface area contributed by atoms with Crippen molar-refractivity contribution in [2.45, 2.75) is 0 Å². The van der Waals surface area contributed by atoms with E-state index in [1.165, 1.54) is 12.1 Å². The number of furan rings is 1.